The molecule has 6 heteroatoms. The molecule has 0 N–H and O–H groups in total. The average Bonchev–Trinajstić information content (AvgIpc) is 3.41. The van der Waals surface area contributed by atoms with Gasteiger partial charge >= 0.3 is 0 Å². The molecule has 0 unspecified atom stereocenters. The van der Waals surface area contributed by atoms with Crippen LogP contribution in [0.4, 0.5) is 11.4 Å². The van der Waals surface area contributed by atoms with Gasteiger partial charge in [-0.05, 0) is 66.4 Å². The van der Waals surface area contributed by atoms with Crippen molar-refractivity contribution in [2.24, 2.45) is 0 Å². The topological polar surface area (TPSA) is 59.1 Å². The predicted octanol–water partition coefficient (Wildman–Crippen LogP) is 4.83. The molecule has 0 fully saturated rings. The lowest BCUT2D eigenvalue weighted by Gasteiger charge is -2.22. The Labute approximate surface area is 199 Å². The first-order valence-corrected chi connectivity index (χ1v) is 11.5. The molecule has 0 saturated heterocycles. The fourth-order valence-corrected chi connectivity index (χ4v) is 4.50. The van der Waals surface area contributed by atoms with Crippen LogP contribution in [0.2, 0.25) is 0 Å². The first-order chi connectivity index (χ1) is 16.6. The second-order valence-corrected chi connectivity index (χ2v) is 8.27. The van der Waals surface area contributed by atoms with Crippen molar-refractivity contribution in [3.8, 4) is 11.5 Å². The Morgan fingerprint density at radius 1 is 0.853 bits per heavy atom. The molecular formula is C28H26N2O4. The minimum Gasteiger partial charge on any atom is -0.497 e. The van der Waals surface area contributed by atoms with Gasteiger partial charge in [-0.25, -0.2) is 4.90 Å². The van der Waals surface area contributed by atoms with Crippen molar-refractivity contribution in [2.75, 3.05) is 30.1 Å². The molecule has 172 valence electrons. The number of hydrogen-bond acceptors (Lipinski definition) is 5. The summed E-state index contributed by atoms with van der Waals surface area (Å²) in [5, 5.41) is 0. The highest BCUT2D eigenvalue weighted by Crippen LogP contribution is 2.40. The van der Waals surface area contributed by atoms with Crippen LogP contribution in [0.25, 0.3) is 5.57 Å². The van der Waals surface area contributed by atoms with E-state index >= 15 is 0 Å². The van der Waals surface area contributed by atoms with Crippen LogP contribution < -0.4 is 19.3 Å². The van der Waals surface area contributed by atoms with Crippen molar-refractivity contribution in [1.29, 1.82) is 0 Å². The van der Waals surface area contributed by atoms with Crippen molar-refractivity contribution in [2.45, 2.75) is 19.8 Å². The highest BCUT2D eigenvalue weighted by atomic mass is 16.5. The van der Waals surface area contributed by atoms with Gasteiger partial charge in [-0.3, -0.25) is 9.59 Å². The summed E-state index contributed by atoms with van der Waals surface area (Å²) in [6.45, 7) is 3.32. The van der Waals surface area contributed by atoms with E-state index in [1.165, 1.54) is 10.5 Å². The molecule has 2 heterocycles. The fourth-order valence-electron chi connectivity index (χ4n) is 4.50. The number of nitrogens with zero attached hydrogens (tertiary/aromatic N) is 2. The largest absolute Gasteiger partial charge is 0.497 e. The van der Waals surface area contributed by atoms with Gasteiger partial charge in [0.25, 0.3) is 11.8 Å². The first-order valence-electron chi connectivity index (χ1n) is 11.5. The van der Waals surface area contributed by atoms with Crippen LogP contribution in [0.3, 0.4) is 0 Å². The van der Waals surface area contributed by atoms with Crippen LogP contribution in [0.15, 0.2) is 78.5 Å². The number of benzene rings is 3. The van der Waals surface area contributed by atoms with Gasteiger partial charge in [0.15, 0.2) is 0 Å². The van der Waals surface area contributed by atoms with Crippen molar-refractivity contribution in [3.63, 3.8) is 0 Å². The molecule has 3 aromatic rings. The molecule has 0 saturated carbocycles. The molecule has 0 aromatic heterocycles. The highest BCUT2D eigenvalue weighted by molar-refractivity contribution is 6.46. The normalized spacial score (nSPS) is 15.2. The van der Waals surface area contributed by atoms with Crippen molar-refractivity contribution >= 4 is 28.8 Å². The Balaban J connectivity index is 1.60. The molecule has 0 radical (unpaired) electrons. The monoisotopic (exact) mass is 454 g/mol. The third-order valence-electron chi connectivity index (χ3n) is 6.16. The number of carbonyl (C=O) groups excluding carboxylic acids is 2. The SMILES string of the molecule is CCCOc1ccc(C2=C(N3CCc4ccccc43)C(=O)N(c3ccc(OC)cc3)C2=O)cc1. The van der Waals surface area contributed by atoms with E-state index in [0.717, 1.165) is 24.3 Å². The summed E-state index contributed by atoms with van der Waals surface area (Å²) < 4.78 is 10.9. The lowest BCUT2D eigenvalue weighted by Crippen LogP contribution is -2.34. The summed E-state index contributed by atoms with van der Waals surface area (Å²) in [6.07, 6.45) is 1.73. The molecule has 34 heavy (non-hydrogen) atoms. The number of amides is 2. The quantitative estimate of drug-likeness (QED) is 0.479. The number of anilines is 2. The van der Waals surface area contributed by atoms with Crippen LogP contribution in [0, 0.1) is 0 Å². The highest BCUT2D eigenvalue weighted by Gasteiger charge is 2.44. The summed E-state index contributed by atoms with van der Waals surface area (Å²) in [5.41, 5.74) is 4.15. The molecule has 3 aromatic carbocycles. The lowest BCUT2D eigenvalue weighted by molar-refractivity contribution is -0.120. The second kappa shape index (κ2) is 9.06. The van der Waals surface area contributed by atoms with Gasteiger partial charge in [-0.1, -0.05) is 37.3 Å². The second-order valence-electron chi connectivity index (χ2n) is 8.27. The maximum atomic E-state index is 13.8. The molecule has 2 aliphatic heterocycles. The third kappa shape index (κ3) is 3.71. The molecule has 0 bridgehead atoms. The van der Waals surface area contributed by atoms with E-state index in [1.54, 1.807) is 31.4 Å². The van der Waals surface area contributed by atoms with Crippen LogP contribution in [0.5, 0.6) is 11.5 Å². The van der Waals surface area contributed by atoms with E-state index in [-0.39, 0.29) is 11.8 Å². The summed E-state index contributed by atoms with van der Waals surface area (Å²) in [6, 6.07) is 22.4. The van der Waals surface area contributed by atoms with E-state index in [2.05, 4.69) is 13.0 Å². The van der Waals surface area contributed by atoms with Crippen LogP contribution in [0.1, 0.15) is 24.5 Å². The van der Waals surface area contributed by atoms with Gasteiger partial charge < -0.3 is 14.4 Å². The van der Waals surface area contributed by atoms with Gasteiger partial charge in [0.2, 0.25) is 0 Å². The minimum atomic E-state index is -0.336. The standard InChI is InChI=1S/C28H26N2O4/c1-3-18-34-23-12-8-20(9-13-23)25-26(29-17-16-19-6-4-5-7-24(19)29)28(32)30(27(25)31)21-10-14-22(33-2)15-11-21/h4-15H,3,16-18H2,1-2H3. The third-order valence-corrected chi connectivity index (χ3v) is 6.16. The summed E-state index contributed by atoms with van der Waals surface area (Å²) in [5.74, 6) is 0.736. The van der Waals surface area contributed by atoms with Gasteiger partial charge in [0.1, 0.15) is 17.2 Å². The van der Waals surface area contributed by atoms with Gasteiger partial charge in [0.05, 0.1) is 25.0 Å². The zero-order valence-corrected chi connectivity index (χ0v) is 19.3. The van der Waals surface area contributed by atoms with Crippen molar-refractivity contribution in [3.05, 3.63) is 89.6 Å². The van der Waals surface area contributed by atoms with Gasteiger partial charge in [-0.2, -0.15) is 0 Å². The number of ether oxygens (including phenoxy) is 2. The molecule has 2 aliphatic rings. The molecule has 6 nitrogen and oxygen atoms in total. The zero-order chi connectivity index (χ0) is 23.7. The maximum Gasteiger partial charge on any atom is 0.282 e. The summed E-state index contributed by atoms with van der Waals surface area (Å²) in [7, 11) is 1.58. The van der Waals surface area contributed by atoms with E-state index in [1.807, 2.05) is 47.4 Å². The number of para-hydroxylation sites is 1. The van der Waals surface area contributed by atoms with Gasteiger partial charge in [0, 0.05) is 12.2 Å². The van der Waals surface area contributed by atoms with Crippen LogP contribution >= 0.6 is 0 Å². The van der Waals surface area contributed by atoms with E-state index < -0.39 is 0 Å². The molecule has 0 aliphatic carbocycles. The number of methoxy groups -OCH3 is 1. The zero-order valence-electron chi connectivity index (χ0n) is 19.3. The number of rotatable bonds is 7. The Bertz CT molecular complexity index is 1260. The van der Waals surface area contributed by atoms with Crippen LogP contribution in [-0.2, 0) is 16.0 Å². The molecule has 0 spiro atoms. The number of carbonyl (C=O) groups is 2. The summed E-state index contributed by atoms with van der Waals surface area (Å²) in [4.78, 5) is 30.8. The predicted molar refractivity (Wildman–Crippen MR) is 132 cm³/mol. The number of hydrogen-bond donors (Lipinski definition) is 0. The average molecular weight is 455 g/mol. The minimum absolute atomic E-state index is 0.326. The van der Waals surface area contributed by atoms with E-state index in [9.17, 15) is 9.59 Å². The Morgan fingerprint density at radius 3 is 2.26 bits per heavy atom. The van der Waals surface area contributed by atoms with Crippen molar-refractivity contribution in [1.82, 2.24) is 0 Å². The van der Waals surface area contributed by atoms with E-state index in [4.69, 9.17) is 9.47 Å². The Kier molecular flexibility index (Phi) is 5.80. The van der Waals surface area contributed by atoms with Gasteiger partial charge in [-0.15, -0.1) is 0 Å². The van der Waals surface area contributed by atoms with E-state index in [0.29, 0.717) is 41.4 Å². The van der Waals surface area contributed by atoms with Crippen LogP contribution in [-0.4, -0.2) is 32.1 Å². The molecular weight excluding hydrogens is 428 g/mol. The Hall–Kier alpha value is -4.06. The lowest BCUT2D eigenvalue weighted by atomic mass is 10.0. The Morgan fingerprint density at radius 2 is 1.56 bits per heavy atom. The smallest absolute Gasteiger partial charge is 0.282 e. The number of fused-ring (bicyclic) bond motifs is 1. The molecule has 2 amide bonds. The maximum absolute atomic E-state index is 13.8. The number of imide groups is 1. The fraction of sp³-hybridized carbons (Fsp3) is 0.214. The van der Waals surface area contributed by atoms with Crippen molar-refractivity contribution < 1.29 is 19.1 Å². The summed E-state index contributed by atoms with van der Waals surface area (Å²) >= 11 is 0. The first kappa shape index (κ1) is 21.8. The molecule has 5 rings (SSSR count). The molecule has 0 atom stereocenters.